The molecule has 1 aromatic rings. The SMILES string of the molecule is CCCCCNC(=O)c1ccc(NCCC)c(C)c1. The summed E-state index contributed by atoms with van der Waals surface area (Å²) < 4.78 is 0. The molecule has 0 spiro atoms. The van der Waals surface area contributed by atoms with Gasteiger partial charge in [-0.15, -0.1) is 0 Å². The van der Waals surface area contributed by atoms with Crippen LogP contribution in [0.5, 0.6) is 0 Å². The topological polar surface area (TPSA) is 41.1 Å². The summed E-state index contributed by atoms with van der Waals surface area (Å²) in [6.07, 6.45) is 4.49. The molecule has 0 heterocycles. The van der Waals surface area contributed by atoms with Crippen LogP contribution in [0.4, 0.5) is 5.69 Å². The number of nitrogens with one attached hydrogen (secondary N) is 2. The monoisotopic (exact) mass is 262 g/mol. The van der Waals surface area contributed by atoms with Gasteiger partial charge in [-0.05, 0) is 43.5 Å². The third-order valence-electron chi connectivity index (χ3n) is 3.12. The molecule has 2 N–H and O–H groups in total. The first-order valence-electron chi connectivity index (χ1n) is 7.31. The maximum absolute atomic E-state index is 12.0. The fourth-order valence-electron chi connectivity index (χ4n) is 1.94. The average Bonchev–Trinajstić information content (AvgIpc) is 2.42. The van der Waals surface area contributed by atoms with Crippen molar-refractivity contribution < 1.29 is 4.79 Å². The highest BCUT2D eigenvalue weighted by molar-refractivity contribution is 5.94. The van der Waals surface area contributed by atoms with E-state index in [-0.39, 0.29) is 5.91 Å². The molecule has 0 saturated heterocycles. The maximum Gasteiger partial charge on any atom is 0.251 e. The average molecular weight is 262 g/mol. The first-order valence-corrected chi connectivity index (χ1v) is 7.31. The first-order chi connectivity index (χ1) is 9.19. The smallest absolute Gasteiger partial charge is 0.251 e. The van der Waals surface area contributed by atoms with E-state index in [1.807, 2.05) is 25.1 Å². The normalized spacial score (nSPS) is 10.3. The van der Waals surface area contributed by atoms with Gasteiger partial charge in [-0.2, -0.15) is 0 Å². The summed E-state index contributed by atoms with van der Waals surface area (Å²) in [5, 5.41) is 6.32. The Bertz CT molecular complexity index is 402. The molecule has 0 unspecified atom stereocenters. The Balaban J connectivity index is 2.54. The Kier molecular flexibility index (Phi) is 7.01. The van der Waals surface area contributed by atoms with E-state index in [4.69, 9.17) is 0 Å². The Morgan fingerprint density at radius 1 is 1.11 bits per heavy atom. The molecule has 1 aromatic carbocycles. The van der Waals surface area contributed by atoms with E-state index in [0.29, 0.717) is 0 Å². The predicted octanol–water partition coefficient (Wildman–Crippen LogP) is 3.74. The van der Waals surface area contributed by atoms with Crippen LogP contribution in [0, 0.1) is 6.92 Å². The summed E-state index contributed by atoms with van der Waals surface area (Å²) in [4.78, 5) is 12.0. The molecule has 0 aromatic heterocycles. The number of benzene rings is 1. The number of carbonyl (C=O) groups is 1. The number of rotatable bonds is 8. The number of hydrogen-bond donors (Lipinski definition) is 2. The van der Waals surface area contributed by atoms with E-state index in [9.17, 15) is 4.79 Å². The molecule has 0 bridgehead atoms. The molecular weight excluding hydrogens is 236 g/mol. The summed E-state index contributed by atoms with van der Waals surface area (Å²) >= 11 is 0. The van der Waals surface area contributed by atoms with E-state index >= 15 is 0 Å². The molecule has 0 aliphatic rings. The quantitative estimate of drug-likeness (QED) is 0.701. The van der Waals surface area contributed by atoms with Crippen LogP contribution in [0.1, 0.15) is 55.5 Å². The van der Waals surface area contributed by atoms with Gasteiger partial charge in [0.15, 0.2) is 0 Å². The van der Waals surface area contributed by atoms with Gasteiger partial charge in [0, 0.05) is 24.3 Å². The molecule has 0 atom stereocenters. The summed E-state index contributed by atoms with van der Waals surface area (Å²) in [6.45, 7) is 8.06. The molecule has 19 heavy (non-hydrogen) atoms. The van der Waals surface area contributed by atoms with E-state index < -0.39 is 0 Å². The molecule has 3 heteroatoms. The van der Waals surface area contributed by atoms with Gasteiger partial charge in [0.2, 0.25) is 0 Å². The van der Waals surface area contributed by atoms with E-state index in [1.165, 1.54) is 12.8 Å². The van der Waals surface area contributed by atoms with Crippen molar-refractivity contribution >= 4 is 11.6 Å². The maximum atomic E-state index is 12.0. The van der Waals surface area contributed by atoms with Crippen molar-refractivity contribution in [2.45, 2.75) is 46.5 Å². The van der Waals surface area contributed by atoms with Crippen LogP contribution in [-0.4, -0.2) is 19.0 Å². The molecule has 0 fully saturated rings. The lowest BCUT2D eigenvalue weighted by molar-refractivity contribution is 0.0953. The number of carbonyl (C=O) groups excluding carboxylic acids is 1. The van der Waals surface area contributed by atoms with Crippen molar-refractivity contribution in [2.24, 2.45) is 0 Å². The van der Waals surface area contributed by atoms with Gasteiger partial charge in [0.1, 0.15) is 0 Å². The highest BCUT2D eigenvalue weighted by Crippen LogP contribution is 2.16. The molecule has 106 valence electrons. The molecule has 1 amide bonds. The van der Waals surface area contributed by atoms with Crippen molar-refractivity contribution in [3.63, 3.8) is 0 Å². The summed E-state index contributed by atoms with van der Waals surface area (Å²) in [5.41, 5.74) is 2.98. The third-order valence-corrected chi connectivity index (χ3v) is 3.12. The van der Waals surface area contributed by atoms with Crippen LogP contribution in [-0.2, 0) is 0 Å². The lowest BCUT2D eigenvalue weighted by Crippen LogP contribution is -2.24. The fourth-order valence-corrected chi connectivity index (χ4v) is 1.94. The van der Waals surface area contributed by atoms with Crippen molar-refractivity contribution in [1.29, 1.82) is 0 Å². The van der Waals surface area contributed by atoms with Gasteiger partial charge in [-0.25, -0.2) is 0 Å². The Hall–Kier alpha value is -1.51. The molecule has 3 nitrogen and oxygen atoms in total. The zero-order valence-electron chi connectivity index (χ0n) is 12.4. The lowest BCUT2D eigenvalue weighted by Gasteiger charge is -2.10. The minimum Gasteiger partial charge on any atom is -0.385 e. The zero-order valence-corrected chi connectivity index (χ0v) is 12.4. The van der Waals surface area contributed by atoms with Crippen LogP contribution < -0.4 is 10.6 Å². The minimum atomic E-state index is 0.0289. The van der Waals surface area contributed by atoms with Gasteiger partial charge in [-0.1, -0.05) is 26.7 Å². The predicted molar refractivity (Wildman–Crippen MR) is 81.8 cm³/mol. The second-order valence-electron chi connectivity index (χ2n) is 4.92. The van der Waals surface area contributed by atoms with Crippen LogP contribution in [0.2, 0.25) is 0 Å². The molecular formula is C16H26N2O. The zero-order chi connectivity index (χ0) is 14.1. The van der Waals surface area contributed by atoms with Crippen LogP contribution in [0.25, 0.3) is 0 Å². The highest BCUT2D eigenvalue weighted by Gasteiger charge is 2.06. The van der Waals surface area contributed by atoms with Gasteiger partial charge in [0.25, 0.3) is 5.91 Å². The van der Waals surface area contributed by atoms with Crippen molar-refractivity contribution in [3.8, 4) is 0 Å². The number of amides is 1. The second-order valence-corrected chi connectivity index (χ2v) is 4.92. The summed E-state index contributed by atoms with van der Waals surface area (Å²) in [7, 11) is 0. The Labute approximate surface area is 116 Å². The number of unbranched alkanes of at least 4 members (excludes halogenated alkanes) is 2. The number of hydrogen-bond acceptors (Lipinski definition) is 2. The van der Waals surface area contributed by atoms with Gasteiger partial charge >= 0.3 is 0 Å². The molecule has 1 rings (SSSR count). The van der Waals surface area contributed by atoms with E-state index in [0.717, 1.165) is 42.7 Å². The molecule has 0 aliphatic carbocycles. The van der Waals surface area contributed by atoms with Crippen molar-refractivity contribution in [2.75, 3.05) is 18.4 Å². The largest absolute Gasteiger partial charge is 0.385 e. The van der Waals surface area contributed by atoms with Gasteiger partial charge < -0.3 is 10.6 Å². The Morgan fingerprint density at radius 3 is 2.53 bits per heavy atom. The van der Waals surface area contributed by atoms with Crippen LogP contribution in [0.15, 0.2) is 18.2 Å². The third kappa shape index (κ3) is 5.33. The van der Waals surface area contributed by atoms with Crippen molar-refractivity contribution in [3.05, 3.63) is 29.3 Å². The summed E-state index contributed by atoms with van der Waals surface area (Å²) in [6, 6.07) is 5.83. The Morgan fingerprint density at radius 2 is 1.89 bits per heavy atom. The fraction of sp³-hybridized carbons (Fsp3) is 0.562. The van der Waals surface area contributed by atoms with Gasteiger partial charge in [-0.3, -0.25) is 4.79 Å². The second kappa shape index (κ2) is 8.57. The lowest BCUT2D eigenvalue weighted by atomic mass is 10.1. The van der Waals surface area contributed by atoms with Gasteiger partial charge in [0.05, 0.1) is 0 Å². The highest BCUT2D eigenvalue weighted by atomic mass is 16.1. The first kappa shape index (κ1) is 15.5. The molecule has 0 saturated carbocycles. The minimum absolute atomic E-state index is 0.0289. The van der Waals surface area contributed by atoms with Crippen LogP contribution in [0.3, 0.4) is 0 Å². The van der Waals surface area contributed by atoms with E-state index in [1.54, 1.807) is 0 Å². The number of anilines is 1. The molecule has 0 aliphatic heterocycles. The number of aryl methyl sites for hydroxylation is 1. The molecule has 0 radical (unpaired) electrons. The summed E-state index contributed by atoms with van der Waals surface area (Å²) in [5.74, 6) is 0.0289. The standard InChI is InChI=1S/C16H26N2O/c1-4-6-7-11-18-16(19)14-8-9-15(13(3)12-14)17-10-5-2/h8-9,12,17H,4-7,10-11H2,1-3H3,(H,18,19). The van der Waals surface area contributed by atoms with Crippen molar-refractivity contribution in [1.82, 2.24) is 5.32 Å². The van der Waals surface area contributed by atoms with Crippen LogP contribution >= 0.6 is 0 Å². The van der Waals surface area contributed by atoms with E-state index in [2.05, 4.69) is 24.5 Å².